The number of nitrogens with one attached hydrogen (secondary N) is 5. The number of hydrogen-bond donors (Lipinski definition) is 5. The van der Waals surface area contributed by atoms with Crippen molar-refractivity contribution in [3.8, 4) is 0 Å². The van der Waals surface area contributed by atoms with Crippen molar-refractivity contribution in [2.45, 2.75) is 280 Å². The van der Waals surface area contributed by atoms with Gasteiger partial charge in [0.2, 0.25) is 0 Å². The summed E-state index contributed by atoms with van der Waals surface area (Å²) < 4.78 is 13.1. The van der Waals surface area contributed by atoms with Crippen molar-refractivity contribution in [3.05, 3.63) is 210 Å². The molecule has 18 aliphatic rings. The summed E-state index contributed by atoms with van der Waals surface area (Å²) in [5.41, 5.74) is 18.6. The molecule has 0 amide bonds. The van der Waals surface area contributed by atoms with Gasteiger partial charge in [-0.25, -0.2) is 24.9 Å². The van der Waals surface area contributed by atoms with Gasteiger partial charge in [-0.3, -0.25) is 14.7 Å². The second-order valence-electron chi connectivity index (χ2n) is 47.8. The molecule has 11 aromatic rings. The van der Waals surface area contributed by atoms with Crippen LogP contribution in [0.1, 0.15) is 308 Å². The van der Waals surface area contributed by atoms with E-state index in [2.05, 4.69) is 265 Å². The molecule has 752 valence electrons. The molecule has 5 aromatic heterocycles. The van der Waals surface area contributed by atoms with Gasteiger partial charge in [-0.2, -0.15) is 0 Å². The molecular weight excluding hydrogens is 1730 g/mol. The number of para-hydroxylation sites is 10. The van der Waals surface area contributed by atoms with Crippen molar-refractivity contribution in [2.24, 2.45) is 46.3 Å². The van der Waals surface area contributed by atoms with Crippen molar-refractivity contribution < 1.29 is 0 Å². The molecular formula is C121H168N20. The summed E-state index contributed by atoms with van der Waals surface area (Å²) in [6, 6.07) is 57.6. The van der Waals surface area contributed by atoms with Gasteiger partial charge in [0, 0.05) is 197 Å². The first-order valence-corrected chi connectivity index (χ1v) is 57.3. The highest BCUT2D eigenvalue weighted by Gasteiger charge is 2.53. The molecule has 6 aromatic carbocycles. The van der Waals surface area contributed by atoms with E-state index in [0.29, 0.717) is 70.6 Å². The molecule has 29 rings (SSSR count). The van der Waals surface area contributed by atoms with Gasteiger partial charge in [-0.1, -0.05) is 181 Å². The van der Waals surface area contributed by atoms with Crippen LogP contribution in [0.4, 0.5) is 0 Å². The lowest BCUT2D eigenvalue weighted by Crippen LogP contribution is -2.50. The van der Waals surface area contributed by atoms with Crippen molar-refractivity contribution in [1.29, 1.82) is 0 Å². The Balaban J connectivity index is 0.0000000983. The molecule has 8 atom stereocenters. The van der Waals surface area contributed by atoms with Crippen LogP contribution < -0.4 is 26.6 Å². The number of hydrogen-bond acceptors (Lipinski definition) is 15. The number of likely N-dealkylation sites (tertiary alicyclic amines) is 5. The van der Waals surface area contributed by atoms with E-state index in [1.807, 2.05) is 0 Å². The van der Waals surface area contributed by atoms with Crippen LogP contribution in [-0.2, 0) is 6.54 Å². The van der Waals surface area contributed by atoms with Crippen molar-refractivity contribution in [2.75, 3.05) is 157 Å². The molecule has 20 heteroatoms. The summed E-state index contributed by atoms with van der Waals surface area (Å²) in [6.07, 6.45) is 44.0. The molecule has 4 saturated carbocycles. The zero-order valence-electron chi connectivity index (χ0n) is 86.2. The monoisotopic (exact) mass is 1900 g/mol. The van der Waals surface area contributed by atoms with Gasteiger partial charge in [0.05, 0.1) is 55.2 Å². The van der Waals surface area contributed by atoms with E-state index in [0.717, 1.165) is 126 Å². The minimum Gasteiger partial charge on any atom is -0.324 e. The molecule has 14 fully saturated rings. The van der Waals surface area contributed by atoms with E-state index >= 15 is 0 Å². The molecule has 141 heavy (non-hydrogen) atoms. The van der Waals surface area contributed by atoms with E-state index < -0.39 is 0 Å². The lowest BCUT2D eigenvalue weighted by molar-refractivity contribution is -0.0115. The third kappa shape index (κ3) is 20.9. The second kappa shape index (κ2) is 43.8. The summed E-state index contributed by atoms with van der Waals surface area (Å²) in [5.74, 6) is 15.0. The fourth-order valence-electron chi connectivity index (χ4n) is 29.7. The van der Waals surface area contributed by atoms with E-state index in [9.17, 15) is 0 Å². The van der Waals surface area contributed by atoms with E-state index in [4.69, 9.17) is 24.9 Å². The highest BCUT2D eigenvalue weighted by molar-refractivity contribution is 5.80. The Morgan fingerprint density at radius 1 is 0.270 bits per heavy atom. The summed E-state index contributed by atoms with van der Waals surface area (Å²) in [4.78, 5) is 39.0. The quantitative estimate of drug-likeness (QED) is 0.0457. The van der Waals surface area contributed by atoms with Crippen LogP contribution in [0.2, 0.25) is 0 Å². The van der Waals surface area contributed by atoms with Crippen molar-refractivity contribution >= 4 is 55.2 Å². The molecule has 20 nitrogen and oxygen atoms in total. The highest BCUT2D eigenvalue weighted by Crippen LogP contribution is 2.61. The van der Waals surface area contributed by atoms with Gasteiger partial charge in [0.15, 0.2) is 0 Å². The van der Waals surface area contributed by atoms with Crippen LogP contribution in [0.5, 0.6) is 0 Å². The number of aromatic nitrogens is 10. The first-order valence-electron chi connectivity index (χ1n) is 57.3. The Kier molecular flexibility index (Phi) is 29.9. The summed E-state index contributed by atoms with van der Waals surface area (Å²) >= 11 is 0. The fourth-order valence-corrected chi connectivity index (χ4v) is 29.7. The van der Waals surface area contributed by atoms with Crippen molar-refractivity contribution in [3.63, 3.8) is 0 Å². The standard InChI is InChI=1S/C27H38N4.C26H36N4.C23H34N4.C23H28N4.C22H32N4/c1-27(2)21-10-9-20(23(27)16-21)18-30-14-11-22(12-15-30)31-25-8-4-3-7-24(25)29-26(31)19-6-5-13-28-17-19;1-26(2)20-8-7-19(22(26)15-20)17-29-13-10-21(11-14-29)30-24-6-4-3-5-23(24)28-25(30)18-9-12-27-16-18;2*1-2-6-18(7-3-1)17-26-14-11-20(12-15-26)27-22-9-5-4-8-21(22)25-23(27)19-10-13-24-16-19;1-2-6-17(7-3-1)16-25-12-10-19(11-13-25)26-21-9-5-4-8-20(21)24-22(26)18-14-23-15-18/h3-4,7-9,19,21-23,28H,5-6,10-18H2,1-2H3;3-7,18,20-22,27H,8-17H2,1-2H3;4-5,8-9,18-20,24H,1-3,6-7,10-17H2;1-9,19-20,24H,10-17H2;4-5,8-9,17-19,23H,1-3,6-7,10-16H2/t19-,21+,23+;18-,20+,22+;2*19-;/m1111./s1. The molecule has 0 spiro atoms. The number of piperidine rings is 6. The van der Waals surface area contributed by atoms with E-state index in [1.165, 1.54) is 349 Å². The minimum atomic E-state index is 0.543. The average molecular weight is 1900 g/mol. The maximum Gasteiger partial charge on any atom is 0.115 e. The number of benzene rings is 6. The Morgan fingerprint density at radius 3 is 0.844 bits per heavy atom. The number of imidazole rings is 5. The SMILES string of the molecule is CC1(C)[C@H]2CC=C(CN3CCC(n4c([C@@H]5CCCNC5)nc5ccccc54)CC3)[C@@H]1C2.CC1(C)[C@H]2CC=C(CN3CCC(n4c([C@@H]5CCNC5)nc5ccccc54)CC3)[C@@H]1C2.c1ccc(CN2CCC(n3c([C@@H]4CCNC4)nc4ccccc43)CC2)cc1.c1ccc2c(c1)nc(C1CNC1)n2C1CCN(CC2CCCCC2)CC1.c1ccc2c(c1)nc([C@@H]1CCNC1)n2C1CCN(CC2CCCCC2)CC1. The topological polar surface area (TPSA) is 165 Å². The Hall–Kier alpha value is -8.25. The number of allylic oxidation sites excluding steroid dienone is 2. The molecule has 5 N–H and O–H groups in total. The summed E-state index contributed by atoms with van der Waals surface area (Å²) in [5, 5.41) is 17.6. The van der Waals surface area contributed by atoms with Gasteiger partial charge < -0.3 is 59.2 Å². The normalized spacial score (nSPS) is 27.3. The Bertz CT molecular complexity index is 5980. The first-order chi connectivity index (χ1) is 69.4. The van der Waals surface area contributed by atoms with Gasteiger partial charge in [-0.15, -0.1) is 0 Å². The number of rotatable bonds is 20. The molecule has 15 heterocycles. The molecule has 4 bridgehead atoms. The average Bonchev–Trinajstić information content (AvgIpc) is 1.66. The second-order valence-corrected chi connectivity index (χ2v) is 47.8. The number of fused-ring (bicyclic) bond motifs is 7. The predicted octanol–water partition coefficient (Wildman–Crippen LogP) is 22.1. The van der Waals surface area contributed by atoms with Crippen LogP contribution in [0.25, 0.3) is 55.2 Å². The van der Waals surface area contributed by atoms with E-state index in [1.54, 1.807) is 11.1 Å². The van der Waals surface area contributed by atoms with Crippen LogP contribution in [0.15, 0.2) is 175 Å². The lowest BCUT2D eigenvalue weighted by atomic mass is 9.49. The van der Waals surface area contributed by atoms with Crippen LogP contribution in [0, 0.1) is 46.3 Å². The zero-order valence-corrected chi connectivity index (χ0v) is 86.2. The lowest BCUT2D eigenvalue weighted by Gasteiger charge is -2.57. The maximum absolute atomic E-state index is 5.16. The first kappa shape index (κ1) is 96.2. The molecule has 0 radical (unpaired) electrons. The predicted molar refractivity (Wildman–Crippen MR) is 578 cm³/mol. The Morgan fingerprint density at radius 2 is 0.553 bits per heavy atom. The largest absolute Gasteiger partial charge is 0.324 e. The third-order valence-corrected chi connectivity index (χ3v) is 38.5. The summed E-state index contributed by atoms with van der Waals surface area (Å²) in [6.45, 7) is 39.4. The van der Waals surface area contributed by atoms with Gasteiger partial charge in [-0.05, 0) is 286 Å². The Labute approximate surface area is 842 Å². The molecule has 0 unspecified atom stereocenters. The molecule has 8 aliphatic carbocycles. The van der Waals surface area contributed by atoms with Crippen LogP contribution in [-0.4, -0.2) is 229 Å². The molecule has 10 saturated heterocycles. The number of nitrogens with zero attached hydrogens (tertiary/aromatic N) is 15. The van der Waals surface area contributed by atoms with Gasteiger partial charge >= 0.3 is 0 Å². The van der Waals surface area contributed by atoms with Crippen molar-refractivity contribution in [1.82, 2.24) is 98.8 Å². The van der Waals surface area contributed by atoms with Crippen LogP contribution >= 0.6 is 0 Å². The summed E-state index contributed by atoms with van der Waals surface area (Å²) in [7, 11) is 0. The smallest absolute Gasteiger partial charge is 0.115 e. The van der Waals surface area contributed by atoms with Gasteiger partial charge in [0.25, 0.3) is 0 Å². The fraction of sp³-hybridized carbons (Fsp3) is 0.628. The highest BCUT2D eigenvalue weighted by atomic mass is 15.2. The van der Waals surface area contributed by atoms with Crippen LogP contribution in [0.3, 0.4) is 0 Å². The minimum absolute atomic E-state index is 0.543. The van der Waals surface area contributed by atoms with Gasteiger partial charge in [0.1, 0.15) is 29.1 Å². The maximum atomic E-state index is 5.16. The zero-order chi connectivity index (χ0) is 94.8. The van der Waals surface area contributed by atoms with E-state index in [-0.39, 0.29) is 0 Å². The third-order valence-electron chi connectivity index (χ3n) is 38.5. The molecule has 10 aliphatic heterocycles.